The van der Waals surface area contributed by atoms with E-state index in [4.69, 9.17) is 5.73 Å². The quantitative estimate of drug-likeness (QED) is 0.515. The van der Waals surface area contributed by atoms with Crippen molar-refractivity contribution in [3.8, 4) is 0 Å². The van der Waals surface area contributed by atoms with Crippen LogP contribution >= 0.6 is 0 Å². The molecule has 8 heavy (non-hydrogen) atoms. The monoisotopic (exact) mass is 112 g/mol. The van der Waals surface area contributed by atoms with Crippen molar-refractivity contribution < 1.29 is 4.79 Å². The lowest BCUT2D eigenvalue weighted by atomic mass is 10.6. The van der Waals surface area contributed by atoms with E-state index in [1.165, 1.54) is 0 Å². The Balaban J connectivity index is 2.72. The molecule has 42 valence electrons. The summed E-state index contributed by atoms with van der Waals surface area (Å²) in [7, 11) is 0. The van der Waals surface area contributed by atoms with Gasteiger partial charge in [-0.2, -0.15) is 4.99 Å². The zero-order valence-corrected chi connectivity index (χ0v) is 4.03. The number of carbonyl (C=O) groups excluding carboxylic acids is 1. The minimum Gasteiger partial charge on any atom is -0.324 e. The molecule has 0 radical (unpaired) electrons. The van der Waals surface area contributed by atoms with E-state index in [0.29, 0.717) is 5.84 Å². The van der Waals surface area contributed by atoms with E-state index in [2.05, 4.69) is 15.2 Å². The first-order chi connectivity index (χ1) is 3.83. The molecule has 1 aliphatic rings. The molecule has 0 saturated heterocycles. The molecular weight excluding hydrogens is 108 g/mol. The molecule has 1 rings (SSSR count). The summed E-state index contributed by atoms with van der Waals surface area (Å²) in [4.78, 5) is 13.4. The van der Waals surface area contributed by atoms with E-state index in [1.807, 2.05) is 0 Å². The highest BCUT2D eigenvalue weighted by molar-refractivity contribution is 5.99. The molecule has 0 bridgehead atoms. The molecule has 2 N–H and O–H groups in total. The molecule has 0 atom stereocenters. The molecule has 5 nitrogen and oxygen atoms in total. The molecule has 0 saturated carbocycles. The van der Waals surface area contributed by atoms with Gasteiger partial charge < -0.3 is 5.73 Å². The van der Waals surface area contributed by atoms with Gasteiger partial charge in [-0.1, -0.05) is 5.11 Å². The first kappa shape index (κ1) is 5.04. The second-order valence-corrected chi connectivity index (χ2v) is 1.21. The number of hydrogen-bond acceptors (Lipinski definition) is 3. The fraction of sp³-hybridized carbons (Fsp3) is 0.333. The summed E-state index contributed by atoms with van der Waals surface area (Å²) in [5.74, 6) is 0.301. The Morgan fingerprint density at radius 3 is 2.50 bits per heavy atom. The molecule has 1 aliphatic heterocycles. The van der Waals surface area contributed by atoms with Gasteiger partial charge in [0.15, 0.2) is 5.84 Å². The molecular formula is C3H4N4O. The van der Waals surface area contributed by atoms with Crippen molar-refractivity contribution in [2.75, 3.05) is 6.54 Å². The molecule has 0 unspecified atom stereocenters. The number of hydrogen-bond donors (Lipinski definition) is 1. The largest absolute Gasteiger partial charge is 0.387 e. The molecule has 0 aromatic heterocycles. The Labute approximate surface area is 45.3 Å². The molecule has 5 heteroatoms. The second-order valence-electron chi connectivity index (χ2n) is 1.21. The van der Waals surface area contributed by atoms with Crippen LogP contribution in [-0.2, 0) is 0 Å². The van der Waals surface area contributed by atoms with Gasteiger partial charge in [-0.3, -0.25) is 0 Å². The summed E-state index contributed by atoms with van der Waals surface area (Å²) in [6.07, 6.45) is 0. The second kappa shape index (κ2) is 1.79. The number of nitrogens with zero attached hydrogens (tertiary/aromatic N) is 3. The van der Waals surface area contributed by atoms with Gasteiger partial charge in [0.05, 0.1) is 6.54 Å². The first-order valence-electron chi connectivity index (χ1n) is 2.06. The lowest BCUT2D eigenvalue weighted by Crippen LogP contribution is -2.08. The third kappa shape index (κ3) is 0.760. The van der Waals surface area contributed by atoms with Crippen LogP contribution in [0.4, 0.5) is 4.79 Å². The lowest BCUT2D eigenvalue weighted by molar-refractivity contribution is 0.257. The van der Waals surface area contributed by atoms with Crippen molar-refractivity contribution in [2.24, 2.45) is 21.0 Å². The number of amides is 2. The average molecular weight is 112 g/mol. The van der Waals surface area contributed by atoms with Gasteiger partial charge in [0.1, 0.15) is 0 Å². The van der Waals surface area contributed by atoms with E-state index in [0.717, 1.165) is 0 Å². The highest BCUT2D eigenvalue weighted by atomic mass is 16.2. The number of carbonyl (C=O) groups is 1. The minimum absolute atomic E-state index is 0.176. The topological polar surface area (TPSA) is 80.2 Å². The van der Waals surface area contributed by atoms with Crippen LogP contribution in [0.1, 0.15) is 0 Å². The minimum atomic E-state index is -0.564. The summed E-state index contributed by atoms with van der Waals surface area (Å²) < 4.78 is 0. The van der Waals surface area contributed by atoms with Gasteiger partial charge in [0.25, 0.3) is 0 Å². The number of amidine groups is 1. The first-order valence-corrected chi connectivity index (χ1v) is 2.06. The van der Waals surface area contributed by atoms with Crippen molar-refractivity contribution in [1.82, 2.24) is 0 Å². The molecule has 0 fully saturated rings. The van der Waals surface area contributed by atoms with Crippen LogP contribution in [0.25, 0.3) is 0 Å². The maximum absolute atomic E-state index is 10.1. The summed E-state index contributed by atoms with van der Waals surface area (Å²) in [6.45, 7) is 0.176. The fourth-order valence-corrected chi connectivity index (χ4v) is 0.342. The Kier molecular flexibility index (Phi) is 1.13. The standard InChI is InChI=1S/C3H4N4O/c4-1-2-5-3(8)7-6-2/h1,4H2. The zero-order valence-electron chi connectivity index (χ0n) is 4.03. The maximum Gasteiger partial charge on any atom is 0.387 e. The SMILES string of the molecule is NCC1=NC(=O)N=N1. The van der Waals surface area contributed by atoms with Crippen molar-refractivity contribution in [3.63, 3.8) is 0 Å². The summed E-state index contributed by atoms with van der Waals surface area (Å²) in [5.41, 5.74) is 5.06. The van der Waals surface area contributed by atoms with Crippen molar-refractivity contribution in [2.45, 2.75) is 0 Å². The number of rotatable bonds is 1. The van der Waals surface area contributed by atoms with E-state index in [1.54, 1.807) is 0 Å². The number of urea groups is 1. The zero-order chi connectivity index (χ0) is 5.98. The highest BCUT2D eigenvalue weighted by Crippen LogP contribution is 1.95. The summed E-state index contributed by atoms with van der Waals surface area (Å²) in [6, 6.07) is -0.564. The summed E-state index contributed by atoms with van der Waals surface area (Å²) in [5, 5.41) is 6.43. The third-order valence-electron chi connectivity index (χ3n) is 0.658. The normalized spacial score (nSPS) is 17.1. The van der Waals surface area contributed by atoms with Gasteiger partial charge >= 0.3 is 6.03 Å². The van der Waals surface area contributed by atoms with Crippen LogP contribution in [0, 0.1) is 0 Å². The van der Waals surface area contributed by atoms with E-state index in [9.17, 15) is 4.79 Å². The van der Waals surface area contributed by atoms with Gasteiger partial charge in [-0.25, -0.2) is 4.79 Å². The third-order valence-corrected chi connectivity index (χ3v) is 0.658. The van der Waals surface area contributed by atoms with Crippen molar-refractivity contribution in [1.29, 1.82) is 0 Å². The Bertz CT molecular complexity index is 170. The molecule has 0 aliphatic carbocycles. The predicted octanol–water partition coefficient (Wildman–Crippen LogP) is -0.0706. The number of aliphatic imine (C=N–C) groups is 1. The Hall–Kier alpha value is -1.10. The molecule has 2 amide bonds. The van der Waals surface area contributed by atoms with Gasteiger partial charge in [-0.05, 0) is 0 Å². The molecule has 1 heterocycles. The van der Waals surface area contributed by atoms with Gasteiger partial charge in [-0.15, -0.1) is 5.11 Å². The van der Waals surface area contributed by atoms with Crippen LogP contribution in [0.5, 0.6) is 0 Å². The Morgan fingerprint density at radius 1 is 1.50 bits per heavy atom. The van der Waals surface area contributed by atoms with E-state index < -0.39 is 6.03 Å². The van der Waals surface area contributed by atoms with Crippen LogP contribution < -0.4 is 5.73 Å². The van der Waals surface area contributed by atoms with Crippen LogP contribution in [0.15, 0.2) is 15.2 Å². The van der Waals surface area contributed by atoms with Crippen LogP contribution in [0.2, 0.25) is 0 Å². The molecule has 0 aromatic rings. The summed E-state index contributed by atoms with van der Waals surface area (Å²) >= 11 is 0. The van der Waals surface area contributed by atoms with E-state index >= 15 is 0 Å². The van der Waals surface area contributed by atoms with Gasteiger partial charge in [0, 0.05) is 0 Å². The number of nitrogens with two attached hydrogens (primary N) is 1. The van der Waals surface area contributed by atoms with Crippen molar-refractivity contribution in [3.05, 3.63) is 0 Å². The van der Waals surface area contributed by atoms with Crippen molar-refractivity contribution >= 4 is 11.9 Å². The maximum atomic E-state index is 10.1. The van der Waals surface area contributed by atoms with Crippen LogP contribution in [0.3, 0.4) is 0 Å². The smallest absolute Gasteiger partial charge is 0.324 e. The molecule has 0 spiro atoms. The van der Waals surface area contributed by atoms with Gasteiger partial charge in [0.2, 0.25) is 0 Å². The van der Waals surface area contributed by atoms with E-state index in [-0.39, 0.29) is 6.54 Å². The highest BCUT2D eigenvalue weighted by Gasteiger charge is 2.05. The molecule has 0 aromatic carbocycles. The Morgan fingerprint density at radius 2 is 2.25 bits per heavy atom. The fourth-order valence-electron chi connectivity index (χ4n) is 0.342. The van der Waals surface area contributed by atoms with Crippen LogP contribution in [-0.4, -0.2) is 18.4 Å². The predicted molar refractivity (Wildman–Crippen MR) is 26.7 cm³/mol. The average Bonchev–Trinajstić information content (AvgIpc) is 2.14. The number of azo groups is 1. The lowest BCUT2D eigenvalue weighted by Gasteiger charge is -1.78.